The molecular formula is C22H21N7O. The maximum absolute atomic E-state index is 5.81. The van der Waals surface area contributed by atoms with Gasteiger partial charge in [-0.1, -0.05) is 12.1 Å². The molecule has 5 aromatic rings. The number of imidazole rings is 1. The predicted octanol–water partition coefficient (Wildman–Crippen LogP) is 3.50. The highest BCUT2D eigenvalue weighted by molar-refractivity contribution is 5.91. The van der Waals surface area contributed by atoms with Crippen molar-refractivity contribution in [2.75, 3.05) is 27.2 Å². The lowest BCUT2D eigenvalue weighted by Gasteiger charge is -2.11. The molecule has 0 aliphatic rings. The van der Waals surface area contributed by atoms with Crippen LogP contribution >= 0.6 is 0 Å². The summed E-state index contributed by atoms with van der Waals surface area (Å²) in [6.07, 6.45) is 3.50. The summed E-state index contributed by atoms with van der Waals surface area (Å²) in [5.74, 6) is 1.41. The number of hydrogen-bond acceptors (Lipinski definition) is 6. The quantitative estimate of drug-likeness (QED) is 0.454. The van der Waals surface area contributed by atoms with Crippen LogP contribution < -0.4 is 4.74 Å². The average molecular weight is 399 g/mol. The molecule has 8 nitrogen and oxygen atoms in total. The van der Waals surface area contributed by atoms with Crippen LogP contribution in [-0.4, -0.2) is 62.3 Å². The van der Waals surface area contributed by atoms with Gasteiger partial charge in [-0.2, -0.15) is 5.10 Å². The Balaban J connectivity index is 1.50. The van der Waals surface area contributed by atoms with E-state index in [2.05, 4.69) is 30.0 Å². The predicted molar refractivity (Wildman–Crippen MR) is 116 cm³/mol. The molecule has 1 aromatic carbocycles. The van der Waals surface area contributed by atoms with E-state index in [1.54, 1.807) is 12.4 Å². The van der Waals surface area contributed by atoms with Gasteiger partial charge in [0.2, 0.25) is 0 Å². The number of para-hydroxylation sites is 2. The SMILES string of the molecule is CN(C)CCOc1cncc(-c2ccc3[nH]nc(-c4nc5ccccc5[nH]4)c3n2)c1. The largest absolute Gasteiger partial charge is 0.491 e. The molecule has 0 aliphatic carbocycles. The molecule has 0 saturated carbocycles. The minimum atomic E-state index is 0.600. The Kier molecular flexibility index (Phi) is 4.61. The molecule has 0 bridgehead atoms. The van der Waals surface area contributed by atoms with Crippen LogP contribution in [0.5, 0.6) is 5.75 Å². The van der Waals surface area contributed by atoms with Crippen LogP contribution in [0.15, 0.2) is 54.9 Å². The van der Waals surface area contributed by atoms with Crippen LogP contribution in [0.3, 0.4) is 0 Å². The van der Waals surface area contributed by atoms with Gasteiger partial charge in [0.05, 0.1) is 28.4 Å². The van der Waals surface area contributed by atoms with E-state index in [1.165, 1.54) is 0 Å². The van der Waals surface area contributed by atoms with Gasteiger partial charge in [-0.3, -0.25) is 10.1 Å². The molecule has 8 heteroatoms. The maximum Gasteiger partial charge on any atom is 0.161 e. The van der Waals surface area contributed by atoms with Crippen molar-refractivity contribution in [1.29, 1.82) is 0 Å². The summed E-state index contributed by atoms with van der Waals surface area (Å²) in [5, 5.41) is 7.49. The highest BCUT2D eigenvalue weighted by Gasteiger charge is 2.15. The van der Waals surface area contributed by atoms with Crippen molar-refractivity contribution in [1.82, 2.24) is 35.0 Å². The fourth-order valence-electron chi connectivity index (χ4n) is 3.27. The van der Waals surface area contributed by atoms with Crippen molar-refractivity contribution in [3.8, 4) is 28.5 Å². The van der Waals surface area contributed by atoms with Gasteiger partial charge in [0.1, 0.15) is 17.9 Å². The second-order valence-corrected chi connectivity index (χ2v) is 7.33. The van der Waals surface area contributed by atoms with Gasteiger partial charge in [-0.25, -0.2) is 9.97 Å². The number of nitrogens with one attached hydrogen (secondary N) is 2. The topological polar surface area (TPSA) is 95.6 Å². The van der Waals surface area contributed by atoms with E-state index in [0.29, 0.717) is 18.1 Å². The summed E-state index contributed by atoms with van der Waals surface area (Å²) in [7, 11) is 4.03. The smallest absolute Gasteiger partial charge is 0.161 e. The van der Waals surface area contributed by atoms with Gasteiger partial charge in [-0.15, -0.1) is 0 Å². The number of pyridine rings is 2. The lowest BCUT2D eigenvalue weighted by Crippen LogP contribution is -2.19. The minimum absolute atomic E-state index is 0.600. The maximum atomic E-state index is 5.81. The van der Waals surface area contributed by atoms with Crippen LogP contribution in [0.1, 0.15) is 0 Å². The standard InChI is InChI=1S/C22H21N7O/c1-29(2)9-10-30-15-11-14(12-23-13-15)16-7-8-19-20(24-16)21(28-27-19)22-25-17-5-3-4-6-18(17)26-22/h3-8,11-13H,9-10H2,1-2H3,(H,25,26)(H,27,28). The van der Waals surface area contributed by atoms with E-state index in [9.17, 15) is 0 Å². The summed E-state index contributed by atoms with van der Waals surface area (Å²) in [5.41, 5.74) is 5.83. The number of ether oxygens (including phenoxy) is 1. The fraction of sp³-hybridized carbons (Fsp3) is 0.182. The van der Waals surface area contributed by atoms with Crippen LogP contribution in [0.25, 0.3) is 44.8 Å². The average Bonchev–Trinajstić information content (AvgIpc) is 3.37. The molecule has 0 radical (unpaired) electrons. The Morgan fingerprint density at radius 2 is 1.90 bits per heavy atom. The lowest BCUT2D eigenvalue weighted by molar-refractivity contribution is 0.261. The molecule has 0 saturated heterocycles. The Bertz CT molecular complexity index is 1290. The van der Waals surface area contributed by atoms with E-state index in [-0.39, 0.29) is 0 Å². The molecule has 0 aliphatic heterocycles. The van der Waals surface area contributed by atoms with Crippen LogP contribution in [0.2, 0.25) is 0 Å². The van der Waals surface area contributed by atoms with Crippen molar-refractivity contribution in [3.05, 3.63) is 54.9 Å². The summed E-state index contributed by atoms with van der Waals surface area (Å²) in [6, 6.07) is 13.8. The number of hydrogen-bond donors (Lipinski definition) is 2. The van der Waals surface area contributed by atoms with Gasteiger partial charge in [0.25, 0.3) is 0 Å². The highest BCUT2D eigenvalue weighted by atomic mass is 16.5. The molecule has 0 amide bonds. The first-order valence-electron chi connectivity index (χ1n) is 9.70. The van der Waals surface area contributed by atoms with E-state index >= 15 is 0 Å². The van der Waals surface area contributed by atoms with Crippen LogP contribution in [0.4, 0.5) is 0 Å². The van der Waals surface area contributed by atoms with E-state index in [4.69, 9.17) is 9.72 Å². The Hall–Kier alpha value is -3.78. The highest BCUT2D eigenvalue weighted by Crippen LogP contribution is 2.28. The minimum Gasteiger partial charge on any atom is -0.491 e. The van der Waals surface area contributed by atoms with Crippen molar-refractivity contribution in [2.24, 2.45) is 0 Å². The van der Waals surface area contributed by atoms with E-state index in [1.807, 2.05) is 56.6 Å². The van der Waals surface area contributed by atoms with Gasteiger partial charge in [0.15, 0.2) is 11.5 Å². The lowest BCUT2D eigenvalue weighted by atomic mass is 10.1. The van der Waals surface area contributed by atoms with Crippen molar-refractivity contribution in [3.63, 3.8) is 0 Å². The number of benzene rings is 1. The number of likely N-dealkylation sites (N-methyl/N-ethyl adjacent to an activating group) is 1. The van der Waals surface area contributed by atoms with Gasteiger partial charge >= 0.3 is 0 Å². The van der Waals surface area contributed by atoms with E-state index in [0.717, 1.165) is 45.6 Å². The monoisotopic (exact) mass is 399 g/mol. The van der Waals surface area contributed by atoms with E-state index < -0.39 is 0 Å². The number of fused-ring (bicyclic) bond motifs is 2. The third-order valence-electron chi connectivity index (χ3n) is 4.84. The zero-order valence-electron chi connectivity index (χ0n) is 16.8. The molecular weight excluding hydrogens is 378 g/mol. The second kappa shape index (κ2) is 7.57. The van der Waals surface area contributed by atoms with Crippen molar-refractivity contribution >= 4 is 22.1 Å². The molecule has 0 unspecified atom stereocenters. The molecule has 0 fully saturated rings. The second-order valence-electron chi connectivity index (χ2n) is 7.33. The molecule has 0 atom stereocenters. The first-order chi connectivity index (χ1) is 14.7. The zero-order valence-corrected chi connectivity index (χ0v) is 16.8. The first-order valence-corrected chi connectivity index (χ1v) is 9.70. The van der Waals surface area contributed by atoms with Crippen LogP contribution in [0, 0.1) is 0 Å². The number of aromatic amines is 2. The molecule has 0 spiro atoms. The zero-order chi connectivity index (χ0) is 20.5. The first kappa shape index (κ1) is 18.3. The molecule has 2 N–H and O–H groups in total. The van der Waals surface area contributed by atoms with Gasteiger partial charge < -0.3 is 14.6 Å². The summed E-state index contributed by atoms with van der Waals surface area (Å²) < 4.78 is 5.81. The number of nitrogens with zero attached hydrogens (tertiary/aromatic N) is 5. The van der Waals surface area contributed by atoms with Crippen molar-refractivity contribution < 1.29 is 4.74 Å². The summed E-state index contributed by atoms with van der Waals surface area (Å²) in [4.78, 5) is 19.2. The van der Waals surface area contributed by atoms with Crippen LogP contribution in [-0.2, 0) is 0 Å². The van der Waals surface area contributed by atoms with Gasteiger partial charge in [0, 0.05) is 18.3 Å². The third kappa shape index (κ3) is 3.48. The number of H-pyrrole nitrogens is 2. The molecule has 4 aromatic heterocycles. The fourth-order valence-corrected chi connectivity index (χ4v) is 3.27. The van der Waals surface area contributed by atoms with Gasteiger partial charge in [-0.05, 0) is 44.4 Å². The normalized spacial score (nSPS) is 11.6. The van der Waals surface area contributed by atoms with Crippen molar-refractivity contribution in [2.45, 2.75) is 0 Å². The Morgan fingerprint density at radius 3 is 2.77 bits per heavy atom. The Labute approximate surface area is 173 Å². The molecule has 4 heterocycles. The molecule has 30 heavy (non-hydrogen) atoms. The molecule has 150 valence electrons. The number of rotatable bonds is 6. The summed E-state index contributed by atoms with van der Waals surface area (Å²) in [6.45, 7) is 1.44. The molecule has 5 rings (SSSR count). The Morgan fingerprint density at radius 1 is 1.00 bits per heavy atom. The third-order valence-corrected chi connectivity index (χ3v) is 4.84. The number of aromatic nitrogens is 6. The summed E-state index contributed by atoms with van der Waals surface area (Å²) >= 11 is 0.